The minimum Gasteiger partial charge on any atom is -0.326 e. The van der Waals surface area contributed by atoms with Gasteiger partial charge in [0.15, 0.2) is 16.8 Å². The predicted molar refractivity (Wildman–Crippen MR) is 116 cm³/mol. The zero-order valence-electron chi connectivity index (χ0n) is 16.6. The molecule has 154 valence electrons. The Kier molecular flexibility index (Phi) is 6.79. The van der Waals surface area contributed by atoms with E-state index in [0.29, 0.717) is 34.3 Å². The van der Waals surface area contributed by atoms with Crippen LogP contribution in [-0.2, 0) is 11.3 Å². The van der Waals surface area contributed by atoms with E-state index in [1.165, 1.54) is 24.8 Å². The number of aromatic nitrogens is 3. The molecule has 3 aromatic rings. The number of hydrogen-bond donors (Lipinski definition) is 1. The van der Waals surface area contributed by atoms with Gasteiger partial charge >= 0.3 is 0 Å². The molecule has 0 aliphatic heterocycles. The molecular weight excluding hydrogens is 403 g/mol. The van der Waals surface area contributed by atoms with Crippen LogP contribution in [0.3, 0.4) is 0 Å². The molecule has 0 saturated heterocycles. The number of anilines is 1. The summed E-state index contributed by atoms with van der Waals surface area (Å²) in [6, 6.07) is 13.1. The van der Waals surface area contributed by atoms with Crippen LogP contribution in [0.2, 0.25) is 0 Å². The number of benzene rings is 2. The third-order valence-corrected chi connectivity index (χ3v) is 5.36. The van der Waals surface area contributed by atoms with E-state index in [2.05, 4.69) is 22.1 Å². The number of Topliss-reactive ketones (excluding diaryl/α,β-unsaturated/α-hetero) is 1. The third-order valence-electron chi connectivity index (χ3n) is 4.28. The molecule has 1 amide bonds. The molecule has 6 nitrogen and oxygen atoms in total. The van der Waals surface area contributed by atoms with Crippen molar-refractivity contribution < 1.29 is 14.0 Å². The third kappa shape index (κ3) is 4.83. The number of allylic oxidation sites excluding steroid dienone is 1. The van der Waals surface area contributed by atoms with E-state index < -0.39 is 11.1 Å². The van der Waals surface area contributed by atoms with Crippen molar-refractivity contribution in [1.29, 1.82) is 0 Å². The van der Waals surface area contributed by atoms with Gasteiger partial charge in [-0.3, -0.25) is 14.2 Å². The number of nitrogens with zero attached hydrogens (tertiary/aromatic N) is 3. The molecule has 0 bridgehead atoms. The Bertz CT molecular complexity index is 1080. The van der Waals surface area contributed by atoms with Crippen LogP contribution in [0, 0.1) is 5.82 Å². The molecule has 0 radical (unpaired) electrons. The van der Waals surface area contributed by atoms with Crippen LogP contribution in [0.1, 0.15) is 24.2 Å². The maximum atomic E-state index is 14.2. The minimum absolute atomic E-state index is 0.0880. The average Bonchev–Trinajstić information content (AvgIpc) is 3.10. The molecule has 0 aliphatic carbocycles. The van der Waals surface area contributed by atoms with Gasteiger partial charge in [-0.2, -0.15) is 0 Å². The van der Waals surface area contributed by atoms with E-state index in [1.54, 1.807) is 60.0 Å². The molecular formula is C22H21FN4O2S. The highest BCUT2D eigenvalue weighted by Crippen LogP contribution is 2.29. The monoisotopic (exact) mass is 424 g/mol. The SMILES string of the molecule is C=CCn1c(SC(C)C(=O)c2ccc(NC(C)=O)cc2)nnc1-c1ccccc1F. The van der Waals surface area contributed by atoms with Crippen LogP contribution < -0.4 is 5.32 Å². The molecule has 1 N–H and O–H groups in total. The fourth-order valence-electron chi connectivity index (χ4n) is 2.88. The highest BCUT2D eigenvalue weighted by atomic mass is 32.2. The lowest BCUT2D eigenvalue weighted by Gasteiger charge is -2.12. The molecule has 30 heavy (non-hydrogen) atoms. The highest BCUT2D eigenvalue weighted by Gasteiger charge is 2.22. The van der Waals surface area contributed by atoms with Crippen LogP contribution in [0.15, 0.2) is 66.3 Å². The second kappa shape index (κ2) is 9.49. The first-order chi connectivity index (χ1) is 14.4. The van der Waals surface area contributed by atoms with E-state index >= 15 is 0 Å². The molecule has 0 saturated carbocycles. The lowest BCUT2D eigenvalue weighted by Crippen LogP contribution is -2.15. The molecule has 0 aliphatic rings. The van der Waals surface area contributed by atoms with E-state index in [9.17, 15) is 14.0 Å². The maximum absolute atomic E-state index is 14.2. The Morgan fingerprint density at radius 1 is 1.20 bits per heavy atom. The molecule has 3 rings (SSSR count). The second-order valence-electron chi connectivity index (χ2n) is 6.57. The van der Waals surface area contributed by atoms with Crippen molar-refractivity contribution in [2.45, 2.75) is 30.8 Å². The van der Waals surface area contributed by atoms with Crippen LogP contribution in [0.5, 0.6) is 0 Å². The first-order valence-corrected chi connectivity index (χ1v) is 10.2. The molecule has 0 spiro atoms. The number of carbonyl (C=O) groups is 2. The van der Waals surface area contributed by atoms with Crippen LogP contribution >= 0.6 is 11.8 Å². The molecule has 1 atom stereocenters. The molecule has 8 heteroatoms. The smallest absolute Gasteiger partial charge is 0.221 e. The van der Waals surface area contributed by atoms with Gasteiger partial charge in [0.1, 0.15) is 5.82 Å². The average molecular weight is 425 g/mol. The van der Waals surface area contributed by atoms with Crippen LogP contribution in [0.25, 0.3) is 11.4 Å². The minimum atomic E-state index is -0.446. The van der Waals surface area contributed by atoms with E-state index in [-0.39, 0.29) is 11.7 Å². The van der Waals surface area contributed by atoms with Crippen molar-refractivity contribution in [3.05, 3.63) is 72.6 Å². The summed E-state index contributed by atoms with van der Waals surface area (Å²) in [5.41, 5.74) is 1.49. The topological polar surface area (TPSA) is 76.9 Å². The van der Waals surface area contributed by atoms with Crippen molar-refractivity contribution in [2.75, 3.05) is 5.32 Å². The summed E-state index contributed by atoms with van der Waals surface area (Å²) >= 11 is 1.25. The largest absolute Gasteiger partial charge is 0.326 e. The number of amides is 1. The number of nitrogens with one attached hydrogen (secondary N) is 1. The Morgan fingerprint density at radius 2 is 1.90 bits per heavy atom. The molecule has 0 fully saturated rings. The van der Waals surface area contributed by atoms with Gasteiger partial charge in [-0.05, 0) is 43.3 Å². The highest BCUT2D eigenvalue weighted by molar-refractivity contribution is 8.00. The standard InChI is InChI=1S/C22H21FN4O2S/c1-4-13-27-21(18-7-5-6-8-19(18)23)25-26-22(27)30-14(2)20(29)16-9-11-17(12-10-16)24-15(3)28/h4-12,14H,1,13H2,2-3H3,(H,24,28). The molecule has 1 aromatic heterocycles. The summed E-state index contributed by atoms with van der Waals surface area (Å²) in [5, 5.41) is 11.0. The summed E-state index contributed by atoms with van der Waals surface area (Å²) in [5.74, 6) is -0.273. The van der Waals surface area contributed by atoms with Gasteiger partial charge < -0.3 is 5.32 Å². The van der Waals surface area contributed by atoms with Gasteiger partial charge in [0.05, 0.1) is 10.8 Å². The summed E-state index contributed by atoms with van der Waals surface area (Å²) in [6.07, 6.45) is 1.67. The lowest BCUT2D eigenvalue weighted by atomic mass is 10.1. The number of carbonyl (C=O) groups excluding carboxylic acids is 2. The Morgan fingerprint density at radius 3 is 2.53 bits per heavy atom. The van der Waals surface area contributed by atoms with E-state index in [0.717, 1.165) is 0 Å². The molecule has 2 aromatic carbocycles. The van der Waals surface area contributed by atoms with E-state index in [4.69, 9.17) is 0 Å². The summed E-state index contributed by atoms with van der Waals surface area (Å²) < 4.78 is 16.0. The number of ketones is 1. The zero-order valence-corrected chi connectivity index (χ0v) is 17.4. The van der Waals surface area contributed by atoms with Crippen molar-refractivity contribution >= 4 is 29.1 Å². The number of thioether (sulfide) groups is 1. The molecule has 1 unspecified atom stereocenters. The number of halogens is 1. The van der Waals surface area contributed by atoms with Gasteiger partial charge in [0.2, 0.25) is 5.91 Å². The Balaban J connectivity index is 1.81. The van der Waals surface area contributed by atoms with Crippen molar-refractivity contribution in [3.8, 4) is 11.4 Å². The van der Waals surface area contributed by atoms with Crippen molar-refractivity contribution in [1.82, 2.24) is 14.8 Å². The fourth-order valence-corrected chi connectivity index (χ4v) is 3.81. The Hall–Kier alpha value is -3.26. The summed E-state index contributed by atoms with van der Waals surface area (Å²) in [6.45, 7) is 7.33. The second-order valence-corrected chi connectivity index (χ2v) is 7.88. The quantitative estimate of drug-likeness (QED) is 0.325. The van der Waals surface area contributed by atoms with Gasteiger partial charge in [0, 0.05) is 24.7 Å². The van der Waals surface area contributed by atoms with Gasteiger partial charge in [-0.15, -0.1) is 16.8 Å². The van der Waals surface area contributed by atoms with E-state index in [1.807, 2.05) is 0 Å². The number of hydrogen-bond acceptors (Lipinski definition) is 5. The zero-order chi connectivity index (χ0) is 21.7. The van der Waals surface area contributed by atoms with Crippen molar-refractivity contribution in [3.63, 3.8) is 0 Å². The van der Waals surface area contributed by atoms with Crippen LogP contribution in [0.4, 0.5) is 10.1 Å². The van der Waals surface area contributed by atoms with Gasteiger partial charge in [0.25, 0.3) is 0 Å². The lowest BCUT2D eigenvalue weighted by molar-refractivity contribution is -0.114. The fraction of sp³-hybridized carbons (Fsp3) is 0.182. The first-order valence-electron chi connectivity index (χ1n) is 9.28. The summed E-state index contributed by atoms with van der Waals surface area (Å²) in [4.78, 5) is 24.0. The first kappa shape index (κ1) is 21.4. The molecule has 1 heterocycles. The maximum Gasteiger partial charge on any atom is 0.221 e. The van der Waals surface area contributed by atoms with Gasteiger partial charge in [-0.1, -0.05) is 30.0 Å². The van der Waals surface area contributed by atoms with Crippen LogP contribution in [-0.4, -0.2) is 31.7 Å². The number of rotatable bonds is 8. The summed E-state index contributed by atoms with van der Waals surface area (Å²) in [7, 11) is 0. The van der Waals surface area contributed by atoms with Crippen molar-refractivity contribution in [2.24, 2.45) is 0 Å². The predicted octanol–water partition coefficient (Wildman–Crippen LogP) is 4.59. The Labute approximate surface area is 178 Å². The normalized spacial score (nSPS) is 11.7. The van der Waals surface area contributed by atoms with Gasteiger partial charge in [-0.25, -0.2) is 4.39 Å².